The molecule has 0 N–H and O–H groups in total. The summed E-state index contributed by atoms with van der Waals surface area (Å²) in [5.74, 6) is 0.481. The molecule has 1 aromatic heterocycles. The van der Waals surface area contributed by atoms with E-state index in [1.807, 2.05) is 17.9 Å². The van der Waals surface area contributed by atoms with Crippen LogP contribution in [-0.4, -0.2) is 57.7 Å². The van der Waals surface area contributed by atoms with Crippen molar-refractivity contribution in [3.63, 3.8) is 0 Å². The third kappa shape index (κ3) is 3.48. The number of carbonyl (C=O) groups excluding carboxylic acids is 1. The van der Waals surface area contributed by atoms with Crippen LogP contribution in [0.1, 0.15) is 56.9 Å². The molecule has 1 unspecified atom stereocenters. The average Bonchev–Trinajstić information content (AvgIpc) is 3.23. The molecule has 1 amide bonds. The Balaban J connectivity index is 1.37. The molecule has 1 spiro atoms. The molecule has 2 saturated heterocycles. The Bertz CT molecular complexity index is 607. The van der Waals surface area contributed by atoms with Crippen molar-refractivity contribution in [2.75, 3.05) is 26.2 Å². The van der Waals surface area contributed by atoms with Crippen molar-refractivity contribution in [2.45, 2.75) is 63.8 Å². The van der Waals surface area contributed by atoms with Crippen LogP contribution < -0.4 is 0 Å². The summed E-state index contributed by atoms with van der Waals surface area (Å²) in [4.78, 5) is 18.2. The normalized spacial score (nSPS) is 29.0. The Labute approximate surface area is 151 Å². The van der Waals surface area contributed by atoms with Crippen LogP contribution in [0.5, 0.6) is 0 Å². The SMILES string of the molecule is Cn1cc(CCN2CCC3(CCCN(C4CCCCC4)C3=O)C2)cn1. The van der Waals surface area contributed by atoms with E-state index in [9.17, 15) is 4.79 Å². The van der Waals surface area contributed by atoms with E-state index in [4.69, 9.17) is 0 Å². The Morgan fingerprint density at radius 3 is 2.76 bits per heavy atom. The highest BCUT2D eigenvalue weighted by molar-refractivity contribution is 5.84. The number of amides is 1. The number of likely N-dealkylation sites (tertiary alicyclic amines) is 2. The summed E-state index contributed by atoms with van der Waals surface area (Å²) >= 11 is 0. The van der Waals surface area contributed by atoms with E-state index in [-0.39, 0.29) is 5.41 Å². The highest BCUT2D eigenvalue weighted by Crippen LogP contribution is 2.41. The summed E-state index contributed by atoms with van der Waals surface area (Å²) < 4.78 is 1.87. The van der Waals surface area contributed by atoms with Crippen molar-refractivity contribution in [1.82, 2.24) is 19.6 Å². The number of hydrogen-bond donors (Lipinski definition) is 0. The third-order valence-electron chi connectivity index (χ3n) is 6.69. The molecular weight excluding hydrogens is 312 g/mol. The molecule has 0 radical (unpaired) electrons. The molecule has 3 heterocycles. The first kappa shape index (κ1) is 17.1. The van der Waals surface area contributed by atoms with Gasteiger partial charge in [0.2, 0.25) is 5.91 Å². The maximum absolute atomic E-state index is 13.4. The van der Waals surface area contributed by atoms with Crippen molar-refractivity contribution in [2.24, 2.45) is 12.5 Å². The standard InChI is InChI=1S/C20H32N4O/c1-22-15-17(14-21-22)8-12-23-13-10-20(16-23)9-5-11-24(19(20)25)18-6-3-2-4-7-18/h14-15,18H,2-13,16H2,1H3. The first-order chi connectivity index (χ1) is 12.2. The summed E-state index contributed by atoms with van der Waals surface area (Å²) in [7, 11) is 1.97. The van der Waals surface area contributed by atoms with E-state index >= 15 is 0 Å². The van der Waals surface area contributed by atoms with E-state index in [0.717, 1.165) is 45.4 Å². The summed E-state index contributed by atoms with van der Waals surface area (Å²) in [5.41, 5.74) is 1.22. The fourth-order valence-corrected chi connectivity index (χ4v) is 5.26. The molecule has 1 aliphatic carbocycles. The molecule has 4 rings (SSSR count). The van der Waals surface area contributed by atoms with Crippen LogP contribution in [0.3, 0.4) is 0 Å². The minimum Gasteiger partial charge on any atom is -0.339 e. The van der Waals surface area contributed by atoms with Gasteiger partial charge in [-0.05, 0) is 50.6 Å². The molecule has 0 bridgehead atoms. The van der Waals surface area contributed by atoms with E-state index in [2.05, 4.69) is 21.1 Å². The third-order valence-corrected chi connectivity index (χ3v) is 6.69. The predicted octanol–water partition coefficient (Wildman–Crippen LogP) is 2.61. The second-order valence-electron chi connectivity index (χ2n) is 8.47. The van der Waals surface area contributed by atoms with Gasteiger partial charge in [-0.2, -0.15) is 5.10 Å². The van der Waals surface area contributed by atoms with Crippen molar-refractivity contribution in [1.29, 1.82) is 0 Å². The van der Waals surface area contributed by atoms with E-state index < -0.39 is 0 Å². The molecule has 1 atom stereocenters. The van der Waals surface area contributed by atoms with Gasteiger partial charge in [-0.3, -0.25) is 9.48 Å². The van der Waals surface area contributed by atoms with Gasteiger partial charge in [0.05, 0.1) is 11.6 Å². The number of carbonyl (C=O) groups is 1. The van der Waals surface area contributed by atoms with Crippen molar-refractivity contribution < 1.29 is 4.79 Å². The maximum Gasteiger partial charge on any atom is 0.230 e. The molecular formula is C20H32N4O. The smallest absolute Gasteiger partial charge is 0.230 e. The summed E-state index contributed by atoms with van der Waals surface area (Å²) in [6.07, 6.45) is 14.9. The Morgan fingerprint density at radius 1 is 1.16 bits per heavy atom. The molecule has 0 aromatic carbocycles. The van der Waals surface area contributed by atoms with Crippen LogP contribution in [0.4, 0.5) is 0 Å². The number of rotatable bonds is 4. The van der Waals surface area contributed by atoms with Gasteiger partial charge in [0.1, 0.15) is 0 Å². The molecule has 5 heteroatoms. The zero-order valence-corrected chi connectivity index (χ0v) is 15.6. The molecule has 1 saturated carbocycles. The first-order valence-electron chi connectivity index (χ1n) is 10.2. The second-order valence-corrected chi connectivity index (χ2v) is 8.47. The molecule has 5 nitrogen and oxygen atoms in total. The molecule has 3 fully saturated rings. The number of aromatic nitrogens is 2. The minimum absolute atomic E-state index is 0.0787. The van der Waals surface area contributed by atoms with Crippen LogP contribution in [-0.2, 0) is 18.3 Å². The molecule has 138 valence electrons. The monoisotopic (exact) mass is 344 g/mol. The van der Waals surface area contributed by atoms with Gasteiger partial charge >= 0.3 is 0 Å². The summed E-state index contributed by atoms with van der Waals surface area (Å²) in [6.45, 7) is 4.09. The van der Waals surface area contributed by atoms with Gasteiger partial charge in [-0.15, -0.1) is 0 Å². The zero-order valence-electron chi connectivity index (χ0n) is 15.6. The second kappa shape index (κ2) is 7.10. The van der Waals surface area contributed by atoms with E-state index in [0.29, 0.717) is 11.9 Å². The summed E-state index contributed by atoms with van der Waals surface area (Å²) in [6, 6.07) is 0.530. The average molecular weight is 345 g/mol. The molecule has 25 heavy (non-hydrogen) atoms. The Kier molecular flexibility index (Phi) is 4.85. The molecule has 3 aliphatic rings. The van der Waals surface area contributed by atoms with Crippen LogP contribution in [0, 0.1) is 5.41 Å². The molecule has 1 aromatic rings. The number of hydrogen-bond acceptors (Lipinski definition) is 3. The lowest BCUT2D eigenvalue weighted by Crippen LogP contribution is -2.54. The van der Waals surface area contributed by atoms with Crippen LogP contribution in [0.15, 0.2) is 12.4 Å². The van der Waals surface area contributed by atoms with Crippen LogP contribution in [0.2, 0.25) is 0 Å². The Morgan fingerprint density at radius 2 is 2.00 bits per heavy atom. The lowest BCUT2D eigenvalue weighted by molar-refractivity contribution is -0.149. The van der Waals surface area contributed by atoms with E-state index in [1.165, 1.54) is 44.1 Å². The zero-order chi connectivity index (χ0) is 17.3. The van der Waals surface area contributed by atoms with Crippen molar-refractivity contribution >= 4 is 5.91 Å². The molecule has 2 aliphatic heterocycles. The van der Waals surface area contributed by atoms with Gasteiger partial charge in [0.15, 0.2) is 0 Å². The van der Waals surface area contributed by atoms with Gasteiger partial charge < -0.3 is 9.80 Å². The van der Waals surface area contributed by atoms with Crippen LogP contribution >= 0.6 is 0 Å². The minimum atomic E-state index is -0.0787. The van der Waals surface area contributed by atoms with Gasteiger partial charge in [-0.25, -0.2) is 0 Å². The highest BCUT2D eigenvalue weighted by Gasteiger charge is 2.49. The van der Waals surface area contributed by atoms with Crippen LogP contribution in [0.25, 0.3) is 0 Å². The highest BCUT2D eigenvalue weighted by atomic mass is 16.2. The van der Waals surface area contributed by atoms with Gasteiger partial charge in [0, 0.05) is 38.9 Å². The maximum atomic E-state index is 13.4. The number of piperidine rings is 1. The Hall–Kier alpha value is -1.36. The number of nitrogens with zero attached hydrogens (tertiary/aromatic N) is 4. The van der Waals surface area contributed by atoms with Gasteiger partial charge in [0.25, 0.3) is 0 Å². The lowest BCUT2D eigenvalue weighted by Gasteiger charge is -2.44. The quantitative estimate of drug-likeness (QED) is 0.843. The first-order valence-corrected chi connectivity index (χ1v) is 10.2. The topological polar surface area (TPSA) is 41.4 Å². The van der Waals surface area contributed by atoms with E-state index in [1.54, 1.807) is 0 Å². The van der Waals surface area contributed by atoms with Crippen molar-refractivity contribution in [3.05, 3.63) is 18.0 Å². The van der Waals surface area contributed by atoms with Crippen molar-refractivity contribution in [3.8, 4) is 0 Å². The lowest BCUT2D eigenvalue weighted by atomic mass is 9.77. The largest absolute Gasteiger partial charge is 0.339 e. The summed E-state index contributed by atoms with van der Waals surface area (Å²) in [5, 5.41) is 4.26. The fraction of sp³-hybridized carbons (Fsp3) is 0.800. The fourth-order valence-electron chi connectivity index (χ4n) is 5.26. The van der Waals surface area contributed by atoms with Gasteiger partial charge in [-0.1, -0.05) is 19.3 Å². The predicted molar refractivity (Wildman–Crippen MR) is 98.2 cm³/mol. The number of aryl methyl sites for hydroxylation is 1.